The fraction of sp³-hybridized carbons (Fsp3) is 0.273. The maximum absolute atomic E-state index is 12.9. The number of hydrogen-bond donors (Lipinski definition) is 0. The first kappa shape index (κ1) is 19.3. The molecule has 1 aromatic carbocycles. The Bertz CT molecular complexity index is 1080. The van der Waals surface area contributed by atoms with E-state index in [0.29, 0.717) is 24.1 Å². The van der Waals surface area contributed by atoms with Gasteiger partial charge in [-0.2, -0.15) is 0 Å². The predicted molar refractivity (Wildman–Crippen MR) is 111 cm³/mol. The topological polar surface area (TPSA) is 72.3 Å². The molecule has 0 saturated carbocycles. The average molecular weight is 407 g/mol. The highest BCUT2D eigenvalue weighted by Crippen LogP contribution is 2.30. The molecule has 0 fully saturated rings. The van der Waals surface area contributed by atoms with Gasteiger partial charge in [0, 0.05) is 38.5 Å². The Morgan fingerprint density at radius 2 is 1.97 bits per heavy atom. The van der Waals surface area contributed by atoms with Crippen LogP contribution in [0.25, 0.3) is 10.4 Å². The van der Waals surface area contributed by atoms with Crippen LogP contribution in [0.1, 0.15) is 44.7 Å². The van der Waals surface area contributed by atoms with Crippen molar-refractivity contribution in [1.29, 1.82) is 0 Å². The van der Waals surface area contributed by atoms with Gasteiger partial charge >= 0.3 is 0 Å². The van der Waals surface area contributed by atoms with E-state index in [2.05, 4.69) is 4.98 Å². The van der Waals surface area contributed by atoms with Crippen molar-refractivity contribution in [2.45, 2.75) is 25.3 Å². The number of hydrogen-bond acceptors (Lipinski definition) is 5. The second-order valence-electron chi connectivity index (χ2n) is 7.32. The number of aromatic nitrogens is 2. The van der Waals surface area contributed by atoms with Crippen LogP contribution in [0.3, 0.4) is 0 Å². The molecule has 2 aromatic heterocycles. The third-order valence-corrected chi connectivity index (χ3v) is 6.16. The summed E-state index contributed by atoms with van der Waals surface area (Å²) in [6.45, 7) is 0. The third-order valence-electron chi connectivity index (χ3n) is 5.12. The Kier molecular flexibility index (Phi) is 5.15. The van der Waals surface area contributed by atoms with Crippen molar-refractivity contribution in [2.75, 3.05) is 14.1 Å². The van der Waals surface area contributed by atoms with Gasteiger partial charge in [-0.25, -0.2) is 4.98 Å². The monoisotopic (exact) mass is 407 g/mol. The number of rotatable bonds is 5. The van der Waals surface area contributed by atoms with E-state index in [0.717, 1.165) is 15.4 Å². The Balaban J connectivity index is 1.47. The van der Waals surface area contributed by atoms with Crippen molar-refractivity contribution in [3.63, 3.8) is 0 Å². The van der Waals surface area contributed by atoms with Crippen molar-refractivity contribution in [2.24, 2.45) is 0 Å². The molecule has 6 nitrogen and oxygen atoms in total. The van der Waals surface area contributed by atoms with Gasteiger partial charge in [-0.3, -0.25) is 14.4 Å². The fourth-order valence-electron chi connectivity index (χ4n) is 3.58. The molecule has 0 radical (unpaired) electrons. The van der Waals surface area contributed by atoms with Gasteiger partial charge in [0.1, 0.15) is 5.01 Å². The van der Waals surface area contributed by atoms with E-state index in [-0.39, 0.29) is 29.9 Å². The Morgan fingerprint density at radius 1 is 1.21 bits per heavy atom. The minimum absolute atomic E-state index is 0.0394. The summed E-state index contributed by atoms with van der Waals surface area (Å²) in [5.74, 6) is 0.122. The maximum atomic E-state index is 12.9. The van der Waals surface area contributed by atoms with Gasteiger partial charge < -0.3 is 9.47 Å². The van der Waals surface area contributed by atoms with E-state index in [9.17, 15) is 14.4 Å². The lowest BCUT2D eigenvalue weighted by molar-refractivity contribution is -0.121. The van der Waals surface area contributed by atoms with Crippen LogP contribution >= 0.6 is 11.3 Å². The summed E-state index contributed by atoms with van der Waals surface area (Å²) < 4.78 is 1.79. The largest absolute Gasteiger partial charge is 0.345 e. The van der Waals surface area contributed by atoms with Crippen LogP contribution in [-0.4, -0.2) is 46.0 Å². The minimum atomic E-state index is -0.304. The quantitative estimate of drug-likeness (QED) is 0.647. The SMILES string of the molecule is CN(C)C(=O)c1ccc(-c2cnc(CC(=O)C3CCC(=O)c4cccn43)s2)cc1. The number of fused-ring (bicyclic) bond motifs is 1. The molecule has 3 heterocycles. The summed E-state index contributed by atoms with van der Waals surface area (Å²) in [7, 11) is 3.45. The van der Waals surface area contributed by atoms with Crippen molar-refractivity contribution in [3.05, 3.63) is 65.1 Å². The van der Waals surface area contributed by atoms with Crippen LogP contribution in [-0.2, 0) is 11.2 Å². The summed E-state index contributed by atoms with van der Waals surface area (Å²) in [5, 5.41) is 0.754. The Labute approximate surface area is 172 Å². The second kappa shape index (κ2) is 7.75. The molecule has 148 valence electrons. The number of Topliss-reactive ketones (excluding diaryl/α,β-unsaturated/α-hetero) is 2. The molecule has 0 spiro atoms. The van der Waals surface area contributed by atoms with Crippen molar-refractivity contribution in [3.8, 4) is 10.4 Å². The highest BCUT2D eigenvalue weighted by molar-refractivity contribution is 7.15. The van der Waals surface area contributed by atoms with Gasteiger partial charge in [-0.1, -0.05) is 12.1 Å². The number of amides is 1. The summed E-state index contributed by atoms with van der Waals surface area (Å²) in [4.78, 5) is 43.8. The lowest BCUT2D eigenvalue weighted by Gasteiger charge is -2.24. The number of carbonyl (C=O) groups is 3. The first-order valence-electron chi connectivity index (χ1n) is 9.43. The second-order valence-corrected chi connectivity index (χ2v) is 8.43. The molecular formula is C22H21N3O3S. The molecule has 1 aliphatic rings. The van der Waals surface area contributed by atoms with E-state index < -0.39 is 0 Å². The number of nitrogens with zero attached hydrogens (tertiary/aromatic N) is 3. The number of ketones is 2. The van der Waals surface area contributed by atoms with E-state index >= 15 is 0 Å². The van der Waals surface area contributed by atoms with E-state index in [1.54, 1.807) is 54.2 Å². The van der Waals surface area contributed by atoms with E-state index in [1.165, 1.54) is 11.3 Å². The Hall–Kier alpha value is -3.06. The number of benzene rings is 1. The molecule has 0 bridgehead atoms. The molecule has 3 aromatic rings. The highest BCUT2D eigenvalue weighted by Gasteiger charge is 2.29. The third kappa shape index (κ3) is 3.78. The molecule has 1 unspecified atom stereocenters. The average Bonchev–Trinajstić information content (AvgIpc) is 3.38. The summed E-state index contributed by atoms with van der Waals surface area (Å²) in [5.41, 5.74) is 2.21. The molecule has 29 heavy (non-hydrogen) atoms. The van der Waals surface area contributed by atoms with Crippen molar-refractivity contribution in [1.82, 2.24) is 14.5 Å². The van der Waals surface area contributed by atoms with Gasteiger partial charge in [-0.15, -0.1) is 11.3 Å². The zero-order valence-corrected chi connectivity index (χ0v) is 17.1. The van der Waals surface area contributed by atoms with Crippen molar-refractivity contribution < 1.29 is 14.4 Å². The zero-order chi connectivity index (χ0) is 20.5. The number of thiazole rings is 1. The van der Waals surface area contributed by atoms with E-state index in [1.807, 2.05) is 18.2 Å². The molecule has 0 aliphatic carbocycles. The molecule has 1 atom stereocenters. The minimum Gasteiger partial charge on any atom is -0.345 e. The van der Waals surface area contributed by atoms with Gasteiger partial charge in [0.25, 0.3) is 5.91 Å². The smallest absolute Gasteiger partial charge is 0.253 e. The molecule has 7 heteroatoms. The molecule has 1 aliphatic heterocycles. The predicted octanol–water partition coefficient (Wildman–Crippen LogP) is 3.64. The molecule has 1 amide bonds. The van der Waals surface area contributed by atoms with E-state index in [4.69, 9.17) is 0 Å². The lowest BCUT2D eigenvalue weighted by atomic mass is 9.97. The van der Waals surface area contributed by atoms with Crippen LogP contribution in [0.4, 0.5) is 0 Å². The van der Waals surface area contributed by atoms with Crippen LogP contribution in [0, 0.1) is 0 Å². The summed E-state index contributed by atoms with van der Waals surface area (Å²) in [6, 6.07) is 10.7. The molecule has 4 rings (SSSR count). The van der Waals surface area contributed by atoms with Crippen LogP contribution < -0.4 is 0 Å². The van der Waals surface area contributed by atoms with Crippen LogP contribution in [0.15, 0.2) is 48.8 Å². The standard InChI is InChI=1S/C22H21N3O3S/c1-24(2)22(28)15-7-5-14(6-8-15)20-13-23-21(29-20)12-19(27)17-9-10-18(26)16-4-3-11-25(16)17/h3-8,11,13,17H,9-10,12H2,1-2H3. The number of carbonyl (C=O) groups excluding carboxylic acids is 3. The first-order valence-corrected chi connectivity index (χ1v) is 10.2. The highest BCUT2D eigenvalue weighted by atomic mass is 32.1. The Morgan fingerprint density at radius 3 is 2.69 bits per heavy atom. The summed E-state index contributed by atoms with van der Waals surface area (Å²) in [6.07, 6.45) is 4.76. The maximum Gasteiger partial charge on any atom is 0.253 e. The van der Waals surface area contributed by atoms with Crippen LogP contribution in [0.5, 0.6) is 0 Å². The fourth-order valence-corrected chi connectivity index (χ4v) is 4.51. The van der Waals surface area contributed by atoms with Gasteiger partial charge in [0.05, 0.1) is 23.0 Å². The van der Waals surface area contributed by atoms with Crippen molar-refractivity contribution >= 4 is 28.8 Å². The van der Waals surface area contributed by atoms with Gasteiger partial charge in [0.15, 0.2) is 11.6 Å². The normalized spacial score (nSPS) is 15.8. The van der Waals surface area contributed by atoms with Gasteiger partial charge in [0.2, 0.25) is 0 Å². The zero-order valence-electron chi connectivity index (χ0n) is 16.3. The van der Waals surface area contributed by atoms with Gasteiger partial charge in [-0.05, 0) is 36.2 Å². The summed E-state index contributed by atoms with van der Waals surface area (Å²) >= 11 is 1.48. The lowest BCUT2D eigenvalue weighted by Crippen LogP contribution is -2.28. The molecular weight excluding hydrogens is 386 g/mol. The van der Waals surface area contributed by atoms with Crippen LogP contribution in [0.2, 0.25) is 0 Å². The first-order chi connectivity index (χ1) is 13.9. The molecule has 0 saturated heterocycles. The molecule has 0 N–H and O–H groups in total.